The third-order valence-electron chi connectivity index (χ3n) is 2.03. The summed E-state index contributed by atoms with van der Waals surface area (Å²) >= 11 is 0. The summed E-state index contributed by atoms with van der Waals surface area (Å²) in [6.45, 7) is 5.76. The third kappa shape index (κ3) is 1.77. The van der Waals surface area contributed by atoms with E-state index in [0.717, 1.165) is 6.54 Å². The normalized spacial score (nSPS) is 9.92. The van der Waals surface area contributed by atoms with Gasteiger partial charge >= 0.3 is 0 Å². The second-order valence-corrected chi connectivity index (χ2v) is 2.82. The predicted molar refractivity (Wildman–Crippen MR) is 53.2 cm³/mol. The Bertz CT molecular complexity index is 256. The number of rotatable bonds is 3. The Labute approximate surface area is 73.8 Å². The summed E-state index contributed by atoms with van der Waals surface area (Å²) in [5.74, 6) is 0. The summed E-state index contributed by atoms with van der Waals surface area (Å²) in [5, 5.41) is 3.29. The Hall–Kier alpha value is -1.02. The molecule has 0 aliphatic carbocycles. The lowest BCUT2D eigenvalue weighted by Crippen LogP contribution is -2.04. The smallest absolute Gasteiger partial charge is 0.0373 e. The molecule has 3 N–H and O–H groups in total. The van der Waals surface area contributed by atoms with Crippen molar-refractivity contribution in [3.8, 4) is 0 Å². The van der Waals surface area contributed by atoms with Crippen molar-refractivity contribution >= 4 is 5.69 Å². The minimum Gasteiger partial charge on any atom is -0.385 e. The highest BCUT2D eigenvalue weighted by Crippen LogP contribution is 2.17. The van der Waals surface area contributed by atoms with E-state index in [1.807, 2.05) is 6.07 Å². The summed E-state index contributed by atoms with van der Waals surface area (Å²) in [4.78, 5) is 0. The summed E-state index contributed by atoms with van der Waals surface area (Å²) < 4.78 is 0. The van der Waals surface area contributed by atoms with Crippen molar-refractivity contribution in [1.82, 2.24) is 0 Å². The zero-order chi connectivity index (χ0) is 8.97. The van der Waals surface area contributed by atoms with E-state index < -0.39 is 0 Å². The third-order valence-corrected chi connectivity index (χ3v) is 2.03. The van der Waals surface area contributed by atoms with E-state index >= 15 is 0 Å². The Morgan fingerprint density at radius 2 is 2.17 bits per heavy atom. The lowest BCUT2D eigenvalue weighted by molar-refractivity contribution is 1.05. The number of nitrogens with two attached hydrogens (primary N) is 1. The number of nitrogens with one attached hydrogen (secondary N) is 1. The highest BCUT2D eigenvalue weighted by atomic mass is 14.9. The fraction of sp³-hybridized carbons (Fsp3) is 0.400. The van der Waals surface area contributed by atoms with Crippen molar-refractivity contribution in [2.24, 2.45) is 5.73 Å². The van der Waals surface area contributed by atoms with E-state index in [1.165, 1.54) is 16.8 Å². The van der Waals surface area contributed by atoms with Crippen LogP contribution < -0.4 is 11.1 Å². The molecule has 0 amide bonds. The maximum Gasteiger partial charge on any atom is 0.0373 e. The maximum atomic E-state index is 5.59. The van der Waals surface area contributed by atoms with Crippen LogP contribution in [0.1, 0.15) is 18.1 Å². The van der Waals surface area contributed by atoms with Gasteiger partial charge in [0.25, 0.3) is 0 Å². The number of anilines is 1. The van der Waals surface area contributed by atoms with Crippen molar-refractivity contribution < 1.29 is 0 Å². The molecule has 0 saturated carbocycles. The van der Waals surface area contributed by atoms with Gasteiger partial charge in [-0.1, -0.05) is 12.1 Å². The van der Waals surface area contributed by atoms with Crippen LogP contribution in [0.3, 0.4) is 0 Å². The highest BCUT2D eigenvalue weighted by molar-refractivity contribution is 5.53. The van der Waals surface area contributed by atoms with Gasteiger partial charge < -0.3 is 11.1 Å². The van der Waals surface area contributed by atoms with E-state index in [-0.39, 0.29) is 0 Å². The molecule has 0 aliphatic rings. The molecule has 0 unspecified atom stereocenters. The predicted octanol–water partition coefficient (Wildman–Crippen LogP) is 1.89. The van der Waals surface area contributed by atoms with Crippen LogP contribution in [-0.2, 0) is 6.54 Å². The maximum absolute atomic E-state index is 5.59. The molecule has 66 valence electrons. The molecule has 1 aromatic carbocycles. The molecule has 0 aromatic heterocycles. The van der Waals surface area contributed by atoms with Crippen LogP contribution in [-0.4, -0.2) is 6.54 Å². The first-order valence-corrected chi connectivity index (χ1v) is 4.32. The van der Waals surface area contributed by atoms with E-state index in [4.69, 9.17) is 5.73 Å². The molecule has 0 heterocycles. The first kappa shape index (κ1) is 9.07. The van der Waals surface area contributed by atoms with Gasteiger partial charge in [-0.05, 0) is 31.0 Å². The molecule has 0 saturated heterocycles. The summed E-state index contributed by atoms with van der Waals surface area (Å²) in [6, 6.07) is 6.18. The first-order valence-electron chi connectivity index (χ1n) is 4.32. The number of benzene rings is 1. The zero-order valence-electron chi connectivity index (χ0n) is 7.72. The van der Waals surface area contributed by atoms with Gasteiger partial charge in [0.15, 0.2) is 0 Å². The second kappa shape index (κ2) is 4.12. The minimum absolute atomic E-state index is 0.616. The quantitative estimate of drug-likeness (QED) is 0.716. The van der Waals surface area contributed by atoms with Crippen LogP contribution in [0.2, 0.25) is 0 Å². The lowest BCUT2D eigenvalue weighted by Gasteiger charge is -2.10. The largest absolute Gasteiger partial charge is 0.385 e. The second-order valence-electron chi connectivity index (χ2n) is 2.82. The van der Waals surface area contributed by atoms with Crippen molar-refractivity contribution in [1.29, 1.82) is 0 Å². The number of hydrogen-bond acceptors (Lipinski definition) is 2. The zero-order valence-corrected chi connectivity index (χ0v) is 7.72. The Morgan fingerprint density at radius 1 is 1.42 bits per heavy atom. The van der Waals surface area contributed by atoms with Gasteiger partial charge in [-0.15, -0.1) is 0 Å². The average Bonchev–Trinajstić information content (AvgIpc) is 2.09. The topological polar surface area (TPSA) is 38.0 Å². The monoisotopic (exact) mass is 164 g/mol. The molecule has 1 aromatic rings. The van der Waals surface area contributed by atoms with Crippen molar-refractivity contribution in [3.05, 3.63) is 29.3 Å². The Morgan fingerprint density at radius 3 is 2.75 bits per heavy atom. The molecule has 1 rings (SSSR count). The van der Waals surface area contributed by atoms with E-state index in [2.05, 4.69) is 31.3 Å². The van der Waals surface area contributed by atoms with Crippen molar-refractivity contribution in [2.75, 3.05) is 11.9 Å². The molecule has 0 atom stereocenters. The first-order chi connectivity index (χ1) is 5.79. The van der Waals surface area contributed by atoms with Gasteiger partial charge in [-0.25, -0.2) is 0 Å². The lowest BCUT2D eigenvalue weighted by atomic mass is 10.1. The van der Waals surface area contributed by atoms with Crippen molar-refractivity contribution in [2.45, 2.75) is 20.4 Å². The average molecular weight is 164 g/mol. The standard InChI is InChI=1S/C10H16N2/c1-3-12-10-6-4-5-9(7-11)8(10)2/h4-6,12H,3,7,11H2,1-2H3. The summed E-state index contributed by atoms with van der Waals surface area (Å²) in [6.07, 6.45) is 0. The van der Waals surface area contributed by atoms with Crippen LogP contribution in [0.4, 0.5) is 5.69 Å². The van der Waals surface area contributed by atoms with Gasteiger partial charge in [0.2, 0.25) is 0 Å². The molecule has 2 heteroatoms. The van der Waals surface area contributed by atoms with Crippen LogP contribution >= 0.6 is 0 Å². The summed E-state index contributed by atoms with van der Waals surface area (Å²) in [5.41, 5.74) is 9.26. The van der Waals surface area contributed by atoms with E-state index in [9.17, 15) is 0 Å². The molecular weight excluding hydrogens is 148 g/mol. The van der Waals surface area contributed by atoms with Crippen LogP contribution in [0.25, 0.3) is 0 Å². The highest BCUT2D eigenvalue weighted by Gasteiger charge is 1.99. The molecule has 0 bridgehead atoms. The van der Waals surface area contributed by atoms with E-state index in [0.29, 0.717) is 6.54 Å². The van der Waals surface area contributed by atoms with Crippen molar-refractivity contribution in [3.63, 3.8) is 0 Å². The van der Waals surface area contributed by atoms with Gasteiger partial charge in [0.05, 0.1) is 0 Å². The van der Waals surface area contributed by atoms with Gasteiger partial charge in [-0.2, -0.15) is 0 Å². The van der Waals surface area contributed by atoms with Gasteiger partial charge in [0, 0.05) is 18.8 Å². The molecule has 0 fully saturated rings. The number of hydrogen-bond donors (Lipinski definition) is 2. The molecule has 0 radical (unpaired) electrons. The molecule has 0 spiro atoms. The fourth-order valence-corrected chi connectivity index (χ4v) is 1.29. The SMILES string of the molecule is CCNc1cccc(CN)c1C. The Kier molecular flexibility index (Phi) is 3.11. The van der Waals surface area contributed by atoms with Gasteiger partial charge in [0.1, 0.15) is 0 Å². The Balaban J connectivity index is 2.97. The summed E-state index contributed by atoms with van der Waals surface area (Å²) in [7, 11) is 0. The van der Waals surface area contributed by atoms with E-state index in [1.54, 1.807) is 0 Å². The van der Waals surface area contributed by atoms with Gasteiger partial charge in [-0.3, -0.25) is 0 Å². The van der Waals surface area contributed by atoms with Crippen LogP contribution in [0.15, 0.2) is 18.2 Å². The molecule has 2 nitrogen and oxygen atoms in total. The van der Waals surface area contributed by atoms with Crippen LogP contribution in [0, 0.1) is 6.92 Å². The molecule has 12 heavy (non-hydrogen) atoms. The molecule has 0 aliphatic heterocycles. The minimum atomic E-state index is 0.616. The van der Waals surface area contributed by atoms with Crippen LogP contribution in [0.5, 0.6) is 0 Å². The fourth-order valence-electron chi connectivity index (χ4n) is 1.29. The molecular formula is C10H16N2.